The highest BCUT2D eigenvalue weighted by Crippen LogP contribution is 2.27. The minimum absolute atomic E-state index is 0.564. The molecule has 0 aliphatic rings. The number of carbonyl (C=O) groups excluding carboxylic acids is 1. The van der Waals surface area contributed by atoms with E-state index in [9.17, 15) is 14.7 Å². The highest BCUT2D eigenvalue weighted by molar-refractivity contribution is 5.73. The average Bonchev–Trinajstić information content (AvgIpc) is 2.55. The van der Waals surface area contributed by atoms with Crippen LogP contribution in [0.4, 0.5) is 9.59 Å². The summed E-state index contributed by atoms with van der Waals surface area (Å²) in [6.45, 7) is 0. The Morgan fingerprint density at radius 1 is 0.909 bits per heavy atom. The third-order valence-electron chi connectivity index (χ3n) is 3.18. The zero-order valence-corrected chi connectivity index (χ0v) is 11.9. The average molecular weight is 300 g/mol. The topological polar surface area (TPSA) is 87.7 Å². The van der Waals surface area contributed by atoms with Crippen LogP contribution in [0.25, 0.3) is 0 Å². The summed E-state index contributed by atoms with van der Waals surface area (Å²) >= 11 is 0. The lowest BCUT2D eigenvalue weighted by molar-refractivity contribution is 0.147. The van der Waals surface area contributed by atoms with Gasteiger partial charge in [0.2, 0.25) is 0 Å². The van der Waals surface area contributed by atoms with Gasteiger partial charge < -0.3 is 9.84 Å². The summed E-state index contributed by atoms with van der Waals surface area (Å²) in [5.74, 6) is 0. The van der Waals surface area contributed by atoms with Gasteiger partial charge in [-0.25, -0.2) is 9.59 Å². The summed E-state index contributed by atoms with van der Waals surface area (Å²) < 4.78 is 4.65. The fourth-order valence-corrected chi connectivity index (χ4v) is 2.23. The Morgan fingerprint density at radius 3 is 1.73 bits per heavy atom. The molecule has 3 N–H and O–H groups in total. The van der Waals surface area contributed by atoms with E-state index < -0.39 is 17.8 Å². The number of carboxylic acid groups (broad SMARTS) is 1. The lowest BCUT2D eigenvalue weighted by Crippen LogP contribution is -2.58. The molecule has 0 aliphatic carbocycles. The summed E-state index contributed by atoms with van der Waals surface area (Å²) in [6, 6.07) is 17.5. The molecule has 2 aromatic rings. The van der Waals surface area contributed by atoms with Crippen molar-refractivity contribution in [2.45, 2.75) is 5.66 Å². The number of rotatable bonds is 4. The molecule has 2 rings (SSSR count). The van der Waals surface area contributed by atoms with Crippen molar-refractivity contribution in [3.63, 3.8) is 0 Å². The molecular formula is C16H16N2O4. The summed E-state index contributed by atoms with van der Waals surface area (Å²) in [5, 5.41) is 14.2. The standard InChI is InChI=1S/C16H16N2O4/c1-22-15(21)18-16(17-14(19)20,12-8-4-2-5-9-12)13-10-6-3-7-11-13/h2-11,17H,1H3,(H,18,21)(H,19,20). The first kappa shape index (κ1) is 15.4. The van der Waals surface area contributed by atoms with E-state index in [2.05, 4.69) is 15.4 Å². The van der Waals surface area contributed by atoms with Crippen LogP contribution in [0.1, 0.15) is 11.1 Å². The number of amides is 2. The van der Waals surface area contributed by atoms with Gasteiger partial charge in [-0.3, -0.25) is 10.6 Å². The minimum atomic E-state index is -1.44. The van der Waals surface area contributed by atoms with E-state index in [4.69, 9.17) is 0 Å². The van der Waals surface area contributed by atoms with Crippen LogP contribution >= 0.6 is 0 Å². The van der Waals surface area contributed by atoms with Gasteiger partial charge in [0.1, 0.15) is 0 Å². The molecule has 114 valence electrons. The lowest BCUT2D eigenvalue weighted by atomic mass is 9.91. The van der Waals surface area contributed by atoms with E-state index in [1.807, 2.05) is 0 Å². The molecule has 0 heterocycles. The SMILES string of the molecule is COC(=O)NC(NC(=O)O)(c1ccccc1)c1ccccc1. The Morgan fingerprint density at radius 2 is 1.36 bits per heavy atom. The Bertz CT molecular complexity index is 604. The number of alkyl carbamates (subject to hydrolysis) is 1. The first-order chi connectivity index (χ1) is 10.6. The van der Waals surface area contributed by atoms with Crippen LogP contribution in [-0.4, -0.2) is 24.4 Å². The molecule has 0 saturated heterocycles. The van der Waals surface area contributed by atoms with Gasteiger partial charge in [0.05, 0.1) is 7.11 Å². The monoisotopic (exact) mass is 300 g/mol. The summed E-state index contributed by atoms with van der Waals surface area (Å²) in [6.07, 6.45) is -2.02. The predicted molar refractivity (Wildman–Crippen MR) is 80.4 cm³/mol. The molecule has 0 saturated carbocycles. The third kappa shape index (κ3) is 3.17. The second kappa shape index (κ2) is 6.62. The highest BCUT2D eigenvalue weighted by Gasteiger charge is 2.38. The number of nitrogens with one attached hydrogen (secondary N) is 2. The molecule has 22 heavy (non-hydrogen) atoms. The van der Waals surface area contributed by atoms with Gasteiger partial charge in [-0.05, 0) is 0 Å². The largest absolute Gasteiger partial charge is 0.465 e. The van der Waals surface area contributed by atoms with Gasteiger partial charge in [-0.2, -0.15) is 0 Å². The second-order valence-corrected chi connectivity index (χ2v) is 4.53. The predicted octanol–water partition coefficient (Wildman–Crippen LogP) is 2.51. The van der Waals surface area contributed by atoms with Crippen molar-refractivity contribution in [3.8, 4) is 0 Å². The molecule has 6 nitrogen and oxygen atoms in total. The first-order valence-electron chi connectivity index (χ1n) is 6.57. The van der Waals surface area contributed by atoms with E-state index in [1.165, 1.54) is 7.11 Å². The molecule has 0 bridgehead atoms. The molecule has 6 heteroatoms. The van der Waals surface area contributed by atoms with Crippen LogP contribution in [-0.2, 0) is 10.4 Å². The van der Waals surface area contributed by atoms with Crippen LogP contribution in [0, 0.1) is 0 Å². The fraction of sp³-hybridized carbons (Fsp3) is 0.125. The van der Waals surface area contributed by atoms with E-state index in [0.717, 1.165) is 0 Å². The normalized spacial score (nSPS) is 10.6. The number of hydrogen-bond acceptors (Lipinski definition) is 3. The smallest absolute Gasteiger partial charge is 0.409 e. The summed E-state index contributed by atoms with van der Waals surface area (Å²) in [7, 11) is 1.22. The maximum absolute atomic E-state index is 11.8. The van der Waals surface area contributed by atoms with Crippen LogP contribution in [0.3, 0.4) is 0 Å². The van der Waals surface area contributed by atoms with Gasteiger partial charge in [-0.15, -0.1) is 0 Å². The van der Waals surface area contributed by atoms with Crippen molar-refractivity contribution >= 4 is 12.2 Å². The van der Waals surface area contributed by atoms with Crippen molar-refractivity contribution in [2.24, 2.45) is 0 Å². The summed E-state index contributed by atoms with van der Waals surface area (Å²) in [5.41, 5.74) is -0.315. The quantitative estimate of drug-likeness (QED) is 0.757. The highest BCUT2D eigenvalue weighted by atomic mass is 16.5. The van der Waals surface area contributed by atoms with Crippen molar-refractivity contribution in [1.29, 1.82) is 0 Å². The lowest BCUT2D eigenvalue weighted by Gasteiger charge is -2.35. The van der Waals surface area contributed by atoms with Gasteiger partial charge in [-0.1, -0.05) is 60.7 Å². The number of carbonyl (C=O) groups is 2. The number of benzene rings is 2. The summed E-state index contributed by atoms with van der Waals surface area (Å²) in [4.78, 5) is 23.1. The van der Waals surface area contributed by atoms with Crippen molar-refractivity contribution in [1.82, 2.24) is 10.6 Å². The molecule has 0 atom stereocenters. The molecule has 0 fully saturated rings. The molecular weight excluding hydrogens is 284 g/mol. The van der Waals surface area contributed by atoms with Gasteiger partial charge in [0.15, 0.2) is 5.66 Å². The van der Waals surface area contributed by atoms with Crippen LogP contribution < -0.4 is 10.6 Å². The zero-order chi connectivity index (χ0) is 16.0. The van der Waals surface area contributed by atoms with Crippen molar-refractivity contribution in [2.75, 3.05) is 7.11 Å². The molecule has 0 spiro atoms. The second-order valence-electron chi connectivity index (χ2n) is 4.53. The molecule has 0 radical (unpaired) electrons. The van der Waals surface area contributed by atoms with Crippen molar-refractivity contribution < 1.29 is 19.4 Å². The van der Waals surface area contributed by atoms with E-state index in [0.29, 0.717) is 11.1 Å². The maximum atomic E-state index is 11.8. The number of methoxy groups -OCH3 is 1. The molecule has 2 amide bonds. The molecule has 2 aromatic carbocycles. The Labute approximate surface area is 127 Å². The molecule has 0 aromatic heterocycles. The number of hydrogen-bond donors (Lipinski definition) is 3. The van der Waals surface area contributed by atoms with Crippen molar-refractivity contribution in [3.05, 3.63) is 71.8 Å². The van der Waals surface area contributed by atoms with Gasteiger partial charge in [0.25, 0.3) is 0 Å². The third-order valence-corrected chi connectivity index (χ3v) is 3.18. The van der Waals surface area contributed by atoms with Crippen LogP contribution in [0.15, 0.2) is 60.7 Å². The van der Waals surface area contributed by atoms with E-state index in [-0.39, 0.29) is 0 Å². The van der Waals surface area contributed by atoms with E-state index in [1.54, 1.807) is 60.7 Å². The Kier molecular flexibility index (Phi) is 4.63. The minimum Gasteiger partial charge on any atom is -0.465 e. The maximum Gasteiger partial charge on any atom is 0.409 e. The number of ether oxygens (including phenoxy) is 1. The fourth-order valence-electron chi connectivity index (χ4n) is 2.23. The molecule has 0 aliphatic heterocycles. The van der Waals surface area contributed by atoms with Crippen LogP contribution in [0.2, 0.25) is 0 Å². The zero-order valence-electron chi connectivity index (χ0n) is 11.9. The van der Waals surface area contributed by atoms with Gasteiger partial charge >= 0.3 is 12.2 Å². The molecule has 0 unspecified atom stereocenters. The first-order valence-corrected chi connectivity index (χ1v) is 6.57. The Balaban J connectivity index is 2.63. The van der Waals surface area contributed by atoms with Crippen LogP contribution in [0.5, 0.6) is 0 Å². The van der Waals surface area contributed by atoms with E-state index >= 15 is 0 Å². The van der Waals surface area contributed by atoms with Gasteiger partial charge in [0, 0.05) is 11.1 Å². The Hall–Kier alpha value is -3.02.